The number of thioether (sulfide) groups is 1. The minimum atomic E-state index is -0.642. The molecule has 5 aromatic rings. The lowest BCUT2D eigenvalue weighted by Gasteiger charge is -2.37. The second-order valence-corrected chi connectivity index (χ2v) is 13.8. The smallest absolute Gasteiger partial charge is 0.227 e. The van der Waals surface area contributed by atoms with Crippen LogP contribution in [0, 0.1) is 18.6 Å². The van der Waals surface area contributed by atoms with Crippen molar-refractivity contribution in [2.45, 2.75) is 39.5 Å². The van der Waals surface area contributed by atoms with Crippen molar-refractivity contribution in [3.8, 4) is 27.6 Å². The molecule has 0 unspecified atom stereocenters. The van der Waals surface area contributed by atoms with Gasteiger partial charge < -0.3 is 25.8 Å². The van der Waals surface area contributed by atoms with E-state index in [1.807, 2.05) is 70.6 Å². The van der Waals surface area contributed by atoms with Crippen LogP contribution in [0.4, 0.5) is 36.9 Å². The van der Waals surface area contributed by atoms with E-state index in [1.165, 1.54) is 29.5 Å². The fourth-order valence-corrected chi connectivity index (χ4v) is 7.29. The van der Waals surface area contributed by atoms with Crippen LogP contribution in [-0.4, -0.2) is 69.7 Å². The Labute approximate surface area is 312 Å². The maximum absolute atomic E-state index is 14.1. The van der Waals surface area contributed by atoms with E-state index in [1.54, 1.807) is 24.4 Å². The van der Waals surface area contributed by atoms with Crippen LogP contribution in [0.3, 0.4) is 0 Å². The Bertz CT molecular complexity index is 1850. The Morgan fingerprint density at radius 1 is 0.941 bits per heavy atom. The van der Waals surface area contributed by atoms with Gasteiger partial charge in [-0.1, -0.05) is 57.2 Å². The maximum Gasteiger partial charge on any atom is 0.227 e. The molecule has 14 heteroatoms. The first-order chi connectivity index (χ1) is 24.8. The lowest BCUT2D eigenvalue weighted by Crippen LogP contribution is -2.47. The summed E-state index contributed by atoms with van der Waals surface area (Å²) in [7, 11) is 0. The highest BCUT2D eigenvalue weighted by Gasteiger charge is 2.21. The van der Waals surface area contributed by atoms with Gasteiger partial charge in [0.05, 0.1) is 26.8 Å². The predicted octanol–water partition coefficient (Wildman–Crippen LogP) is 9.54. The molecule has 1 aliphatic heterocycles. The number of phenols is 1. The first-order valence-corrected chi connectivity index (χ1v) is 20.0. The number of nitrogens with zero attached hydrogens (tertiary/aromatic N) is 5. The van der Waals surface area contributed by atoms with Crippen LogP contribution in [0.25, 0.3) is 21.8 Å². The molecule has 2 aromatic heterocycles. The monoisotopic (exact) mass is 752 g/mol. The van der Waals surface area contributed by atoms with Crippen molar-refractivity contribution in [2.24, 2.45) is 0 Å². The number of nitrogens with two attached hydrogens (primary N) is 1. The molecule has 1 fully saturated rings. The Hall–Kier alpha value is -4.11. The van der Waals surface area contributed by atoms with E-state index in [0.717, 1.165) is 72.1 Å². The fourth-order valence-electron chi connectivity index (χ4n) is 5.35. The SMILES string of the molecule is CC.CC.CSCCN1CCN(c2cc(O)c(Nc3nccc(-c4sc(N)nc4-c4cccc(NSc5c(F)cccc5F)c4)n3)cc2C)CC1. The summed E-state index contributed by atoms with van der Waals surface area (Å²) in [4.78, 5) is 19.1. The first kappa shape index (κ1) is 39.7. The van der Waals surface area contributed by atoms with Gasteiger partial charge in [-0.2, -0.15) is 11.8 Å². The zero-order valence-electron chi connectivity index (χ0n) is 29.8. The van der Waals surface area contributed by atoms with Crippen LogP contribution in [0.15, 0.2) is 71.8 Å². The number of piperazine rings is 1. The van der Waals surface area contributed by atoms with Crippen LogP contribution < -0.4 is 20.7 Å². The molecule has 0 spiro atoms. The van der Waals surface area contributed by atoms with Gasteiger partial charge in [0.25, 0.3) is 0 Å². The molecule has 0 saturated carbocycles. The molecule has 0 aliphatic carbocycles. The Kier molecular flexibility index (Phi) is 15.2. The third-order valence-corrected chi connectivity index (χ3v) is 10.2. The highest BCUT2D eigenvalue weighted by Crippen LogP contribution is 2.39. The molecule has 0 radical (unpaired) electrons. The third kappa shape index (κ3) is 10.2. The van der Waals surface area contributed by atoms with Gasteiger partial charge in [0.15, 0.2) is 5.13 Å². The molecular formula is C37H46F2N8OS3. The summed E-state index contributed by atoms with van der Waals surface area (Å²) in [5, 5.41) is 14.5. The number of halogens is 2. The number of aromatic hydroxyl groups is 1. The average molecular weight is 753 g/mol. The summed E-state index contributed by atoms with van der Waals surface area (Å²) in [5.41, 5.74) is 11.3. The molecule has 5 N–H and O–H groups in total. The van der Waals surface area contributed by atoms with Gasteiger partial charge in [-0.15, -0.1) is 0 Å². The molecule has 1 aliphatic rings. The maximum atomic E-state index is 14.1. The number of thiazole rings is 1. The van der Waals surface area contributed by atoms with Crippen LogP contribution in [0.1, 0.15) is 33.3 Å². The molecule has 6 rings (SSSR count). The molecule has 0 bridgehead atoms. The molecule has 1 saturated heterocycles. The number of nitrogens with one attached hydrogen (secondary N) is 2. The number of benzene rings is 3. The molecule has 0 amide bonds. The number of aryl methyl sites for hydroxylation is 1. The Balaban J connectivity index is 0.00000141. The molecule has 272 valence electrons. The van der Waals surface area contributed by atoms with E-state index < -0.39 is 11.6 Å². The number of rotatable bonds is 11. The zero-order valence-corrected chi connectivity index (χ0v) is 32.3. The van der Waals surface area contributed by atoms with Gasteiger partial charge in [-0.05, 0) is 67.1 Å². The summed E-state index contributed by atoms with van der Waals surface area (Å²) in [6, 6.07) is 16.6. The molecule has 3 aromatic carbocycles. The molecule has 3 heterocycles. The third-order valence-electron chi connectivity index (χ3n) is 7.74. The van der Waals surface area contributed by atoms with Gasteiger partial charge in [0.2, 0.25) is 5.95 Å². The normalized spacial score (nSPS) is 12.7. The standard InChI is InChI=1S/C33H34F2N8OS3.2C2H6/c1-20-17-26(28(44)19-27(20)43-13-11-42(12-14-43)15-16-45-2)39-33-37-10-9-25(38-33)31-29(40-32(36)46-31)21-5-3-6-22(18-21)41-47-30-23(34)7-4-8-24(30)35;2*1-2/h3-10,17-19,41,44H,11-16H2,1-2H3,(H2,36,40)(H,37,38,39);2*1-2H3. The lowest BCUT2D eigenvalue weighted by molar-refractivity contribution is 0.273. The summed E-state index contributed by atoms with van der Waals surface area (Å²) in [6.45, 7) is 15.0. The van der Waals surface area contributed by atoms with E-state index >= 15 is 0 Å². The van der Waals surface area contributed by atoms with Crippen LogP contribution in [0.2, 0.25) is 0 Å². The number of phenolic OH excluding ortho intramolecular Hbond substituents is 1. The zero-order chi connectivity index (χ0) is 36.9. The average Bonchev–Trinajstić information content (AvgIpc) is 3.56. The van der Waals surface area contributed by atoms with E-state index in [2.05, 4.69) is 36.1 Å². The van der Waals surface area contributed by atoms with Gasteiger partial charge >= 0.3 is 0 Å². The minimum Gasteiger partial charge on any atom is -0.506 e. The van der Waals surface area contributed by atoms with Crippen LogP contribution in [-0.2, 0) is 0 Å². The summed E-state index contributed by atoms with van der Waals surface area (Å²) in [6.07, 6.45) is 3.77. The molecular weight excluding hydrogens is 707 g/mol. The molecule has 0 atom stereocenters. The van der Waals surface area contributed by atoms with E-state index in [-0.39, 0.29) is 10.6 Å². The number of nitrogen functional groups attached to an aromatic ring is 1. The fraction of sp³-hybridized carbons (Fsp3) is 0.324. The van der Waals surface area contributed by atoms with E-state index in [4.69, 9.17) is 10.7 Å². The number of hydrogen-bond donors (Lipinski definition) is 4. The van der Waals surface area contributed by atoms with Gasteiger partial charge in [0.1, 0.15) is 17.4 Å². The van der Waals surface area contributed by atoms with Gasteiger partial charge in [-0.3, -0.25) is 4.90 Å². The van der Waals surface area contributed by atoms with E-state index in [0.29, 0.717) is 33.8 Å². The molecule has 9 nitrogen and oxygen atoms in total. The topological polar surface area (TPSA) is 115 Å². The number of aromatic nitrogens is 3. The highest BCUT2D eigenvalue weighted by molar-refractivity contribution is 8.00. The second kappa shape index (κ2) is 19.5. The molecule has 51 heavy (non-hydrogen) atoms. The summed E-state index contributed by atoms with van der Waals surface area (Å²) in [5.74, 6) is 0.272. The first-order valence-electron chi connectivity index (χ1n) is 16.9. The van der Waals surface area contributed by atoms with Crippen LogP contribution >= 0.6 is 35.0 Å². The Morgan fingerprint density at radius 3 is 2.35 bits per heavy atom. The van der Waals surface area contributed by atoms with Gasteiger partial charge in [-0.25, -0.2) is 23.7 Å². The van der Waals surface area contributed by atoms with Crippen molar-refractivity contribution in [2.75, 3.05) is 65.4 Å². The highest BCUT2D eigenvalue weighted by atomic mass is 32.2. The van der Waals surface area contributed by atoms with Crippen molar-refractivity contribution in [1.29, 1.82) is 0 Å². The summed E-state index contributed by atoms with van der Waals surface area (Å²) >= 11 is 4.01. The number of hydrogen-bond acceptors (Lipinski definition) is 12. The van der Waals surface area contributed by atoms with Crippen molar-refractivity contribution in [3.63, 3.8) is 0 Å². The van der Waals surface area contributed by atoms with Crippen molar-refractivity contribution in [1.82, 2.24) is 19.9 Å². The quantitative estimate of drug-likeness (QED) is 0.0764. The van der Waals surface area contributed by atoms with Crippen molar-refractivity contribution in [3.05, 3.63) is 84.1 Å². The second-order valence-electron chi connectivity index (χ2n) is 10.9. The van der Waals surface area contributed by atoms with Crippen molar-refractivity contribution < 1.29 is 13.9 Å². The number of anilines is 5. The van der Waals surface area contributed by atoms with Gasteiger partial charge in [0, 0.05) is 67.7 Å². The van der Waals surface area contributed by atoms with Crippen molar-refractivity contribution >= 4 is 63.2 Å². The predicted molar refractivity (Wildman–Crippen MR) is 215 cm³/mol. The Morgan fingerprint density at radius 2 is 1.65 bits per heavy atom. The summed E-state index contributed by atoms with van der Waals surface area (Å²) < 4.78 is 31.3. The van der Waals surface area contributed by atoms with Crippen LogP contribution in [0.5, 0.6) is 5.75 Å². The minimum absolute atomic E-state index is 0.115. The van der Waals surface area contributed by atoms with E-state index in [9.17, 15) is 13.9 Å². The largest absolute Gasteiger partial charge is 0.506 e. The lowest BCUT2D eigenvalue weighted by atomic mass is 10.1.